The Morgan fingerprint density at radius 1 is 1.38 bits per heavy atom. The second-order valence-electron chi connectivity index (χ2n) is 6.59. The molecule has 0 saturated carbocycles. The van der Waals surface area contributed by atoms with Crippen LogP contribution in [0.4, 0.5) is 0 Å². The highest BCUT2D eigenvalue weighted by molar-refractivity contribution is 5.82. The fourth-order valence-corrected chi connectivity index (χ4v) is 3.08. The Labute approximate surface area is 141 Å². The van der Waals surface area contributed by atoms with Crippen LogP contribution < -0.4 is 0 Å². The molecule has 2 aliphatic heterocycles. The number of fused-ring (bicyclic) bond motifs is 1. The van der Waals surface area contributed by atoms with Crippen LogP contribution in [0, 0.1) is 0 Å². The van der Waals surface area contributed by atoms with Crippen molar-refractivity contribution >= 4 is 11.8 Å². The van der Waals surface area contributed by atoms with E-state index in [1.807, 2.05) is 25.1 Å². The Balaban J connectivity index is 1.73. The molecular formula is C16H25N5O3. The summed E-state index contributed by atoms with van der Waals surface area (Å²) in [6.45, 7) is 2.70. The quantitative estimate of drug-likeness (QED) is 0.790. The number of nitrogens with zero attached hydrogens (tertiary/aromatic N) is 5. The molecule has 0 N–H and O–H groups in total. The molecule has 1 atom stereocenters. The summed E-state index contributed by atoms with van der Waals surface area (Å²) >= 11 is 0. The van der Waals surface area contributed by atoms with Gasteiger partial charge in [0.2, 0.25) is 5.91 Å². The fourth-order valence-electron chi connectivity index (χ4n) is 3.08. The predicted octanol–water partition coefficient (Wildman–Crippen LogP) is 0.272. The molecule has 1 aromatic heterocycles. The summed E-state index contributed by atoms with van der Waals surface area (Å²) in [5, 5.41) is 5.73. The first-order valence-corrected chi connectivity index (χ1v) is 8.45. The number of aromatic nitrogens is 2. The van der Waals surface area contributed by atoms with Crippen molar-refractivity contribution in [1.82, 2.24) is 24.6 Å². The monoisotopic (exact) mass is 335 g/mol. The van der Waals surface area contributed by atoms with Gasteiger partial charge in [0.15, 0.2) is 6.04 Å². The van der Waals surface area contributed by atoms with E-state index in [4.69, 9.17) is 4.84 Å². The number of rotatable bonds is 4. The van der Waals surface area contributed by atoms with Gasteiger partial charge in [0.1, 0.15) is 0 Å². The Morgan fingerprint density at radius 3 is 2.92 bits per heavy atom. The van der Waals surface area contributed by atoms with Crippen LogP contribution in [0.3, 0.4) is 0 Å². The minimum Gasteiger partial charge on any atom is -0.334 e. The van der Waals surface area contributed by atoms with E-state index in [0.29, 0.717) is 39.2 Å². The van der Waals surface area contributed by atoms with Gasteiger partial charge in [-0.1, -0.05) is 0 Å². The van der Waals surface area contributed by atoms with Gasteiger partial charge in [0.05, 0.1) is 25.4 Å². The molecule has 1 unspecified atom stereocenters. The second kappa shape index (κ2) is 7.31. The average molecular weight is 335 g/mol. The summed E-state index contributed by atoms with van der Waals surface area (Å²) in [4.78, 5) is 34.6. The topological polar surface area (TPSA) is 70.9 Å². The minimum atomic E-state index is -0.509. The van der Waals surface area contributed by atoms with E-state index in [2.05, 4.69) is 5.10 Å². The molecule has 0 aromatic carbocycles. The molecule has 1 saturated heterocycles. The molecule has 3 heterocycles. The highest BCUT2D eigenvalue weighted by Crippen LogP contribution is 2.24. The third-order valence-corrected chi connectivity index (χ3v) is 4.45. The van der Waals surface area contributed by atoms with Gasteiger partial charge in [-0.3, -0.25) is 19.1 Å². The van der Waals surface area contributed by atoms with E-state index in [1.165, 1.54) is 5.06 Å². The third kappa shape index (κ3) is 3.59. The first-order valence-electron chi connectivity index (χ1n) is 8.45. The molecule has 0 aliphatic carbocycles. The zero-order valence-electron chi connectivity index (χ0n) is 14.3. The number of carbonyl (C=O) groups is 2. The lowest BCUT2D eigenvalue weighted by atomic mass is 10.1. The van der Waals surface area contributed by atoms with E-state index in [1.54, 1.807) is 15.8 Å². The molecule has 0 radical (unpaired) electrons. The van der Waals surface area contributed by atoms with Crippen molar-refractivity contribution in [2.45, 2.75) is 31.8 Å². The van der Waals surface area contributed by atoms with Crippen molar-refractivity contribution in [3.63, 3.8) is 0 Å². The van der Waals surface area contributed by atoms with Gasteiger partial charge >= 0.3 is 0 Å². The lowest BCUT2D eigenvalue weighted by Gasteiger charge is -2.36. The van der Waals surface area contributed by atoms with E-state index in [-0.39, 0.29) is 11.8 Å². The first kappa shape index (κ1) is 16.9. The highest BCUT2D eigenvalue weighted by atomic mass is 16.7. The van der Waals surface area contributed by atoms with Gasteiger partial charge in [0.25, 0.3) is 5.91 Å². The summed E-state index contributed by atoms with van der Waals surface area (Å²) in [7, 11) is 3.89. The summed E-state index contributed by atoms with van der Waals surface area (Å²) < 4.78 is 1.73. The lowest BCUT2D eigenvalue weighted by molar-refractivity contribution is -0.201. The summed E-state index contributed by atoms with van der Waals surface area (Å²) in [6.07, 6.45) is 4.04. The molecule has 24 heavy (non-hydrogen) atoms. The zero-order valence-corrected chi connectivity index (χ0v) is 14.3. The Kier molecular flexibility index (Phi) is 5.15. The van der Waals surface area contributed by atoms with Crippen molar-refractivity contribution < 1.29 is 14.4 Å². The van der Waals surface area contributed by atoms with Gasteiger partial charge < -0.3 is 9.80 Å². The molecule has 132 valence electrons. The van der Waals surface area contributed by atoms with Crippen molar-refractivity contribution in [2.75, 3.05) is 40.3 Å². The van der Waals surface area contributed by atoms with Crippen LogP contribution in [0.25, 0.3) is 0 Å². The van der Waals surface area contributed by atoms with Gasteiger partial charge in [-0.2, -0.15) is 5.10 Å². The largest absolute Gasteiger partial charge is 0.334 e. The number of hydrogen-bond acceptors (Lipinski definition) is 5. The van der Waals surface area contributed by atoms with Gasteiger partial charge in [0, 0.05) is 25.7 Å². The third-order valence-electron chi connectivity index (χ3n) is 4.45. The second-order valence-corrected chi connectivity index (χ2v) is 6.59. The summed E-state index contributed by atoms with van der Waals surface area (Å²) in [5.41, 5.74) is 0.884. The molecule has 1 aromatic rings. The standard InChI is InChI=1S/C16H25N5O3/c1-18(2)9-6-15(22)19-11-13-5-7-17-21(13)14(12-19)16(23)20-8-3-4-10-24-20/h5,7,14H,3-4,6,8-12H2,1-2H3. The Hall–Kier alpha value is -1.93. The van der Waals surface area contributed by atoms with Crippen LogP contribution in [0.15, 0.2) is 12.3 Å². The van der Waals surface area contributed by atoms with Crippen LogP contribution in [0.1, 0.15) is 31.0 Å². The van der Waals surface area contributed by atoms with Gasteiger partial charge in [-0.05, 0) is 33.0 Å². The molecular weight excluding hydrogens is 310 g/mol. The zero-order chi connectivity index (χ0) is 17.1. The van der Waals surface area contributed by atoms with E-state index in [9.17, 15) is 9.59 Å². The SMILES string of the molecule is CN(C)CCC(=O)N1Cc2ccnn2C(C(=O)N2CCCCO2)C1. The maximum absolute atomic E-state index is 12.8. The summed E-state index contributed by atoms with van der Waals surface area (Å²) in [5.74, 6) is -0.0572. The van der Waals surface area contributed by atoms with E-state index in [0.717, 1.165) is 18.5 Å². The minimum absolute atomic E-state index is 0.0634. The van der Waals surface area contributed by atoms with Crippen molar-refractivity contribution in [3.05, 3.63) is 18.0 Å². The van der Waals surface area contributed by atoms with E-state index >= 15 is 0 Å². The number of carbonyl (C=O) groups excluding carboxylic acids is 2. The summed E-state index contributed by atoms with van der Waals surface area (Å²) in [6, 6.07) is 1.35. The van der Waals surface area contributed by atoms with Crippen molar-refractivity contribution in [2.24, 2.45) is 0 Å². The van der Waals surface area contributed by atoms with Crippen LogP contribution in [-0.4, -0.2) is 76.8 Å². The molecule has 8 heteroatoms. The van der Waals surface area contributed by atoms with Crippen LogP contribution in [-0.2, 0) is 21.0 Å². The molecule has 2 amide bonds. The molecule has 1 fully saturated rings. The number of amides is 2. The molecule has 0 bridgehead atoms. The van der Waals surface area contributed by atoms with Crippen LogP contribution in [0.5, 0.6) is 0 Å². The highest BCUT2D eigenvalue weighted by Gasteiger charge is 2.36. The van der Waals surface area contributed by atoms with Crippen molar-refractivity contribution in [3.8, 4) is 0 Å². The van der Waals surface area contributed by atoms with Gasteiger partial charge in [-0.15, -0.1) is 0 Å². The maximum atomic E-state index is 12.8. The van der Waals surface area contributed by atoms with Crippen LogP contribution >= 0.6 is 0 Å². The van der Waals surface area contributed by atoms with Crippen molar-refractivity contribution in [1.29, 1.82) is 0 Å². The Morgan fingerprint density at radius 2 is 2.21 bits per heavy atom. The maximum Gasteiger partial charge on any atom is 0.272 e. The Bertz CT molecular complexity index is 594. The smallest absolute Gasteiger partial charge is 0.272 e. The van der Waals surface area contributed by atoms with Crippen LogP contribution in [0.2, 0.25) is 0 Å². The van der Waals surface area contributed by atoms with Gasteiger partial charge in [-0.25, -0.2) is 5.06 Å². The average Bonchev–Trinajstić information content (AvgIpc) is 3.07. The molecule has 2 aliphatic rings. The fraction of sp³-hybridized carbons (Fsp3) is 0.688. The normalized spacial score (nSPS) is 21.0. The first-order chi connectivity index (χ1) is 11.6. The lowest BCUT2D eigenvalue weighted by Crippen LogP contribution is -2.49. The number of hydrogen-bond donors (Lipinski definition) is 0. The number of hydroxylamine groups is 2. The molecule has 8 nitrogen and oxygen atoms in total. The molecule has 3 rings (SSSR count). The molecule has 0 spiro atoms. The van der Waals surface area contributed by atoms with E-state index < -0.39 is 6.04 Å². The predicted molar refractivity (Wildman–Crippen MR) is 86.8 cm³/mol.